The van der Waals surface area contributed by atoms with Crippen LogP contribution in [0.3, 0.4) is 0 Å². The van der Waals surface area contributed by atoms with E-state index in [2.05, 4.69) is 105 Å². The van der Waals surface area contributed by atoms with E-state index in [0.29, 0.717) is 11.4 Å². The molecule has 228 valence electrons. The van der Waals surface area contributed by atoms with Gasteiger partial charge in [-0.25, -0.2) is 9.97 Å². The average Bonchev–Trinajstić information content (AvgIpc) is 3.15. The van der Waals surface area contributed by atoms with E-state index < -0.39 is 0 Å². The van der Waals surface area contributed by atoms with Gasteiger partial charge in [-0.1, -0.05) is 141 Å². The van der Waals surface area contributed by atoms with Crippen LogP contribution in [0.5, 0.6) is 11.5 Å². The van der Waals surface area contributed by atoms with Crippen LogP contribution in [0.4, 0.5) is 0 Å². The van der Waals surface area contributed by atoms with Crippen LogP contribution < -0.4 is 4.74 Å². The summed E-state index contributed by atoms with van der Waals surface area (Å²) >= 11 is 0. The Bertz CT molecular complexity index is 2280. The Hall–Kier alpha value is -6.31. The number of fused-ring (bicyclic) bond motifs is 2. The lowest BCUT2D eigenvalue weighted by molar-refractivity contribution is 0.419. The molecule has 4 nitrogen and oxygen atoms in total. The SMILES string of the molecule is CC1(C)c2cc(C#N)ccc2Oc2c(-c3ccc(-c4ccccc4-c4cc(-c5ccccc5)nc(-c5ccccc5)n4)cc3)cccc21. The molecule has 0 unspecified atom stereocenters. The molecule has 0 saturated heterocycles. The minimum atomic E-state index is -0.320. The zero-order valence-corrected chi connectivity index (χ0v) is 26.7. The number of benzene rings is 6. The summed E-state index contributed by atoms with van der Waals surface area (Å²) in [6, 6.07) is 53.8. The minimum absolute atomic E-state index is 0.320. The zero-order chi connectivity index (χ0) is 32.7. The van der Waals surface area contributed by atoms with E-state index in [-0.39, 0.29) is 5.41 Å². The number of rotatable bonds is 5. The molecule has 0 aliphatic carbocycles. The zero-order valence-electron chi connectivity index (χ0n) is 26.7. The quantitative estimate of drug-likeness (QED) is 0.193. The highest BCUT2D eigenvalue weighted by Gasteiger charge is 2.35. The van der Waals surface area contributed by atoms with Gasteiger partial charge in [-0.2, -0.15) is 5.26 Å². The first-order valence-corrected chi connectivity index (χ1v) is 16.1. The summed E-state index contributed by atoms with van der Waals surface area (Å²) < 4.78 is 6.56. The monoisotopic (exact) mass is 617 g/mol. The first kappa shape index (κ1) is 29.1. The van der Waals surface area contributed by atoms with Crippen LogP contribution in [0.25, 0.3) is 56.2 Å². The highest BCUT2D eigenvalue weighted by molar-refractivity contribution is 5.85. The second-order valence-electron chi connectivity index (χ2n) is 12.5. The van der Waals surface area contributed by atoms with Crippen LogP contribution in [0.2, 0.25) is 0 Å². The molecule has 0 spiro atoms. The van der Waals surface area contributed by atoms with E-state index in [1.165, 1.54) is 0 Å². The highest BCUT2D eigenvalue weighted by atomic mass is 16.5. The Morgan fingerprint density at radius 1 is 0.521 bits per heavy atom. The van der Waals surface area contributed by atoms with Crippen LogP contribution in [0.1, 0.15) is 30.5 Å². The fourth-order valence-corrected chi connectivity index (χ4v) is 6.64. The molecule has 7 aromatic rings. The molecule has 0 N–H and O–H groups in total. The first-order chi connectivity index (χ1) is 23.5. The lowest BCUT2D eigenvalue weighted by Gasteiger charge is -2.35. The molecule has 8 rings (SSSR count). The van der Waals surface area contributed by atoms with Gasteiger partial charge in [0.1, 0.15) is 11.5 Å². The molecule has 1 aliphatic heterocycles. The molecule has 48 heavy (non-hydrogen) atoms. The number of nitriles is 1. The highest BCUT2D eigenvalue weighted by Crippen LogP contribution is 2.51. The van der Waals surface area contributed by atoms with Gasteiger partial charge in [0.05, 0.1) is 23.0 Å². The molecule has 0 saturated carbocycles. The standard InChI is InChI=1S/C44H31N3O/c1-44(2)37-19-11-18-35(42(37)48-41-25-20-29(28-45)26-38(41)44)31-23-21-30(22-24-31)34-16-9-10-17-36(34)40-27-39(32-12-5-3-6-13-32)46-43(47-40)33-14-7-4-8-15-33/h3-27H,1-2H3. The average molecular weight is 618 g/mol. The summed E-state index contributed by atoms with van der Waals surface area (Å²) in [4.78, 5) is 10.1. The van der Waals surface area contributed by atoms with Crippen LogP contribution in [-0.2, 0) is 5.41 Å². The fraction of sp³-hybridized carbons (Fsp3) is 0.0682. The van der Waals surface area contributed by atoms with Crippen molar-refractivity contribution in [3.63, 3.8) is 0 Å². The van der Waals surface area contributed by atoms with Crippen LogP contribution >= 0.6 is 0 Å². The van der Waals surface area contributed by atoms with Gasteiger partial charge in [0, 0.05) is 38.8 Å². The van der Waals surface area contributed by atoms with Crippen molar-refractivity contribution in [3.8, 4) is 73.7 Å². The third-order valence-electron chi connectivity index (χ3n) is 9.22. The number of para-hydroxylation sites is 1. The Balaban J connectivity index is 1.19. The van der Waals surface area contributed by atoms with Crippen molar-refractivity contribution in [1.82, 2.24) is 9.97 Å². The molecule has 6 aromatic carbocycles. The van der Waals surface area contributed by atoms with Crippen molar-refractivity contribution in [1.29, 1.82) is 5.26 Å². The summed E-state index contributed by atoms with van der Waals surface area (Å²) in [5.41, 5.74) is 11.5. The van der Waals surface area contributed by atoms with E-state index in [1.54, 1.807) is 0 Å². The summed E-state index contributed by atoms with van der Waals surface area (Å²) in [6.45, 7) is 4.38. The molecule has 0 amide bonds. The molecule has 2 heterocycles. The third kappa shape index (κ3) is 5.12. The summed E-state index contributed by atoms with van der Waals surface area (Å²) in [5.74, 6) is 2.34. The fourth-order valence-electron chi connectivity index (χ4n) is 6.64. The summed E-state index contributed by atoms with van der Waals surface area (Å²) in [6.07, 6.45) is 0. The maximum Gasteiger partial charge on any atom is 0.160 e. The molecular weight excluding hydrogens is 587 g/mol. The first-order valence-electron chi connectivity index (χ1n) is 16.1. The predicted molar refractivity (Wildman–Crippen MR) is 193 cm³/mol. The van der Waals surface area contributed by atoms with E-state index in [4.69, 9.17) is 14.7 Å². The lowest BCUT2D eigenvalue weighted by Crippen LogP contribution is -2.24. The van der Waals surface area contributed by atoms with Gasteiger partial charge >= 0.3 is 0 Å². The van der Waals surface area contributed by atoms with Gasteiger partial charge in [-0.3, -0.25) is 0 Å². The molecule has 1 aliphatic rings. The van der Waals surface area contributed by atoms with Gasteiger partial charge < -0.3 is 4.74 Å². The molecule has 1 aromatic heterocycles. The topological polar surface area (TPSA) is 58.8 Å². The van der Waals surface area contributed by atoms with E-state index >= 15 is 0 Å². The number of ether oxygens (including phenoxy) is 1. The summed E-state index contributed by atoms with van der Waals surface area (Å²) in [5, 5.41) is 9.51. The molecule has 0 bridgehead atoms. The number of hydrogen-bond donors (Lipinski definition) is 0. The Morgan fingerprint density at radius 3 is 1.83 bits per heavy atom. The van der Waals surface area contributed by atoms with Crippen molar-refractivity contribution in [2.24, 2.45) is 0 Å². The second-order valence-corrected chi connectivity index (χ2v) is 12.5. The van der Waals surface area contributed by atoms with Gasteiger partial charge in [0.2, 0.25) is 0 Å². The van der Waals surface area contributed by atoms with Gasteiger partial charge in [0.25, 0.3) is 0 Å². The van der Waals surface area contributed by atoms with Crippen LogP contribution in [0.15, 0.2) is 152 Å². The predicted octanol–water partition coefficient (Wildman–Crippen LogP) is 11.1. The third-order valence-corrected chi connectivity index (χ3v) is 9.22. The van der Waals surface area contributed by atoms with E-state index in [0.717, 1.165) is 73.0 Å². The van der Waals surface area contributed by atoms with Crippen LogP contribution in [-0.4, -0.2) is 9.97 Å². The number of hydrogen-bond acceptors (Lipinski definition) is 4. The largest absolute Gasteiger partial charge is 0.456 e. The minimum Gasteiger partial charge on any atom is -0.456 e. The number of aromatic nitrogens is 2. The van der Waals surface area contributed by atoms with Crippen molar-refractivity contribution >= 4 is 0 Å². The normalized spacial score (nSPS) is 12.7. The maximum absolute atomic E-state index is 9.51. The van der Waals surface area contributed by atoms with Crippen molar-refractivity contribution in [2.75, 3.05) is 0 Å². The van der Waals surface area contributed by atoms with Gasteiger partial charge in [-0.15, -0.1) is 0 Å². The van der Waals surface area contributed by atoms with Crippen molar-refractivity contribution in [2.45, 2.75) is 19.3 Å². The van der Waals surface area contributed by atoms with Gasteiger partial charge in [-0.05, 0) is 41.0 Å². The molecule has 0 atom stereocenters. The Morgan fingerprint density at radius 2 is 1.12 bits per heavy atom. The van der Waals surface area contributed by atoms with E-state index in [1.807, 2.05) is 66.7 Å². The van der Waals surface area contributed by atoms with Gasteiger partial charge in [0.15, 0.2) is 5.82 Å². The Kier molecular flexibility index (Phi) is 7.16. The van der Waals surface area contributed by atoms with Crippen LogP contribution in [0, 0.1) is 11.3 Å². The lowest BCUT2D eigenvalue weighted by atomic mass is 9.74. The summed E-state index contributed by atoms with van der Waals surface area (Å²) in [7, 11) is 0. The molecule has 0 radical (unpaired) electrons. The molecule has 4 heteroatoms. The Labute approximate surface area is 280 Å². The van der Waals surface area contributed by atoms with Crippen molar-refractivity contribution < 1.29 is 4.74 Å². The number of nitrogens with zero attached hydrogens (tertiary/aromatic N) is 3. The molecule has 0 fully saturated rings. The van der Waals surface area contributed by atoms with Crippen molar-refractivity contribution in [3.05, 3.63) is 168 Å². The van der Waals surface area contributed by atoms with E-state index in [9.17, 15) is 5.26 Å². The second kappa shape index (κ2) is 11.8. The molecular formula is C44H31N3O. The maximum atomic E-state index is 9.51. The smallest absolute Gasteiger partial charge is 0.160 e.